The summed E-state index contributed by atoms with van der Waals surface area (Å²) in [5.74, 6) is -6.36. The molecule has 9 nitrogen and oxygen atoms in total. The fourth-order valence-corrected chi connectivity index (χ4v) is 3.36. The number of hydrogen-bond donors (Lipinski definition) is 3. The molecule has 5 atom stereocenters. The maximum absolute atomic E-state index is 12.4. The largest absolute Gasteiger partial charge is 0.481 e. The summed E-state index contributed by atoms with van der Waals surface area (Å²) in [6.45, 7) is 7.79. The number of ether oxygens (including phenoxy) is 1. The van der Waals surface area contributed by atoms with E-state index in [2.05, 4.69) is 5.32 Å². The highest BCUT2D eigenvalue weighted by atomic mass is 16.6. The van der Waals surface area contributed by atoms with Crippen LogP contribution in [0.15, 0.2) is 0 Å². The van der Waals surface area contributed by atoms with Crippen molar-refractivity contribution in [2.24, 2.45) is 17.8 Å². The number of hydrogen-bond acceptors (Lipinski definition) is 5. The third-order valence-electron chi connectivity index (χ3n) is 4.32. The molecule has 1 rings (SSSR count). The Morgan fingerprint density at radius 3 is 1.88 bits per heavy atom. The monoisotopic (exact) mass is 358 g/mol. The molecule has 0 saturated heterocycles. The number of aliphatic carboxylic acids is 2. The Hall–Kier alpha value is -2.32. The van der Waals surface area contributed by atoms with Crippen molar-refractivity contribution in [3.63, 3.8) is 0 Å². The minimum absolute atomic E-state index is 0.436. The fourth-order valence-electron chi connectivity index (χ4n) is 3.36. The molecule has 1 unspecified atom stereocenters. The topological polar surface area (TPSA) is 133 Å². The molecular formula is C16H26N2O7. The molecule has 0 radical (unpaired) electrons. The standard InChI is InChI=1S/C16H26N2O7/c1-7-9(13(20)21)10(14(22)23)12(11(7)17-8(2)19)18(6)15(24)25-16(3,4)5/h7,9-12H,1-6H3,(H,17,19)(H,20,21)(H,22,23)/t7-,9?,10+,11-,12+/m1/s1. The third kappa shape index (κ3) is 4.61. The van der Waals surface area contributed by atoms with Crippen LogP contribution in [-0.2, 0) is 19.1 Å². The Kier molecular flexibility index (Phi) is 6.04. The summed E-state index contributed by atoms with van der Waals surface area (Å²) in [6.07, 6.45) is -0.780. The summed E-state index contributed by atoms with van der Waals surface area (Å²) in [5.41, 5.74) is -0.802. The second-order valence-corrected chi connectivity index (χ2v) is 7.40. The van der Waals surface area contributed by atoms with Gasteiger partial charge in [-0.1, -0.05) is 6.92 Å². The van der Waals surface area contributed by atoms with Crippen LogP contribution < -0.4 is 5.32 Å². The molecule has 1 aliphatic rings. The van der Waals surface area contributed by atoms with Crippen molar-refractivity contribution in [1.29, 1.82) is 0 Å². The maximum Gasteiger partial charge on any atom is 0.410 e. The van der Waals surface area contributed by atoms with Gasteiger partial charge in [-0.05, 0) is 26.7 Å². The van der Waals surface area contributed by atoms with E-state index in [1.807, 2.05) is 0 Å². The second kappa shape index (κ2) is 7.28. The normalized spacial score (nSPS) is 29.0. The lowest BCUT2D eigenvalue weighted by atomic mass is 9.89. The summed E-state index contributed by atoms with van der Waals surface area (Å²) in [4.78, 5) is 48.4. The number of carboxylic acid groups (broad SMARTS) is 2. The highest BCUT2D eigenvalue weighted by Crippen LogP contribution is 2.40. The molecule has 1 aliphatic carbocycles. The van der Waals surface area contributed by atoms with Crippen LogP contribution in [0.1, 0.15) is 34.6 Å². The van der Waals surface area contributed by atoms with Gasteiger partial charge in [0.25, 0.3) is 0 Å². The average molecular weight is 358 g/mol. The molecule has 1 saturated carbocycles. The van der Waals surface area contributed by atoms with Crippen LogP contribution in [0.4, 0.5) is 4.79 Å². The van der Waals surface area contributed by atoms with Gasteiger partial charge in [0.2, 0.25) is 5.91 Å². The van der Waals surface area contributed by atoms with E-state index in [1.165, 1.54) is 14.0 Å². The number of rotatable bonds is 4. The highest BCUT2D eigenvalue weighted by Gasteiger charge is 2.57. The van der Waals surface area contributed by atoms with E-state index in [0.29, 0.717) is 0 Å². The summed E-state index contributed by atoms with van der Waals surface area (Å²) in [6, 6.07) is -1.87. The van der Waals surface area contributed by atoms with Crippen molar-refractivity contribution in [2.75, 3.05) is 7.05 Å². The highest BCUT2D eigenvalue weighted by molar-refractivity contribution is 5.84. The number of amides is 2. The van der Waals surface area contributed by atoms with Gasteiger partial charge in [-0.3, -0.25) is 14.4 Å². The minimum atomic E-state index is -1.37. The quantitative estimate of drug-likeness (QED) is 0.676. The van der Waals surface area contributed by atoms with E-state index in [9.17, 15) is 29.4 Å². The molecule has 0 aliphatic heterocycles. The lowest BCUT2D eigenvalue weighted by Crippen LogP contribution is -2.54. The zero-order valence-corrected chi connectivity index (χ0v) is 15.3. The van der Waals surface area contributed by atoms with Gasteiger partial charge in [-0.15, -0.1) is 0 Å². The number of carboxylic acids is 2. The first kappa shape index (κ1) is 20.7. The van der Waals surface area contributed by atoms with Gasteiger partial charge in [0.15, 0.2) is 0 Å². The average Bonchev–Trinajstić information content (AvgIpc) is 2.69. The predicted molar refractivity (Wildman–Crippen MR) is 86.8 cm³/mol. The molecule has 3 N–H and O–H groups in total. The van der Waals surface area contributed by atoms with Crippen molar-refractivity contribution in [3.8, 4) is 0 Å². The summed E-state index contributed by atoms with van der Waals surface area (Å²) in [7, 11) is 1.35. The molecule has 1 fully saturated rings. The number of nitrogens with zero attached hydrogens (tertiary/aromatic N) is 1. The number of carbonyl (C=O) groups is 4. The molecular weight excluding hydrogens is 332 g/mol. The number of nitrogens with one attached hydrogen (secondary N) is 1. The van der Waals surface area contributed by atoms with Gasteiger partial charge in [0, 0.05) is 14.0 Å². The molecule has 0 aromatic carbocycles. The van der Waals surface area contributed by atoms with Gasteiger partial charge in [0.1, 0.15) is 5.60 Å². The lowest BCUT2D eigenvalue weighted by molar-refractivity contribution is -0.154. The molecule has 25 heavy (non-hydrogen) atoms. The molecule has 2 amide bonds. The van der Waals surface area contributed by atoms with Crippen molar-refractivity contribution in [1.82, 2.24) is 10.2 Å². The van der Waals surface area contributed by atoms with E-state index in [0.717, 1.165) is 4.90 Å². The lowest BCUT2D eigenvalue weighted by Gasteiger charge is -2.34. The fraction of sp³-hybridized carbons (Fsp3) is 0.750. The number of likely N-dealkylation sites (N-methyl/N-ethyl adjacent to an activating group) is 1. The molecule has 0 heterocycles. The van der Waals surface area contributed by atoms with Crippen LogP contribution in [0.2, 0.25) is 0 Å². The van der Waals surface area contributed by atoms with E-state index < -0.39 is 59.4 Å². The maximum atomic E-state index is 12.4. The second-order valence-electron chi connectivity index (χ2n) is 7.40. The third-order valence-corrected chi connectivity index (χ3v) is 4.32. The molecule has 0 bridgehead atoms. The summed E-state index contributed by atoms with van der Waals surface area (Å²) in [5, 5.41) is 21.6. The van der Waals surface area contributed by atoms with Crippen molar-refractivity contribution in [3.05, 3.63) is 0 Å². The van der Waals surface area contributed by atoms with E-state index in [4.69, 9.17) is 4.74 Å². The van der Waals surface area contributed by atoms with Gasteiger partial charge in [0.05, 0.1) is 23.9 Å². The summed E-state index contributed by atoms with van der Waals surface area (Å²) >= 11 is 0. The first-order chi connectivity index (χ1) is 11.3. The van der Waals surface area contributed by atoms with Crippen LogP contribution >= 0.6 is 0 Å². The SMILES string of the molecule is CC(=O)N[C@H]1[C@@H](N(C)C(=O)OC(C)(C)C)[C@@H](C(=O)O)C(C(=O)O)[C@H]1C. The first-order valence-corrected chi connectivity index (χ1v) is 7.96. The predicted octanol–water partition coefficient (Wildman–Crippen LogP) is 0.778. The Morgan fingerprint density at radius 1 is 1.04 bits per heavy atom. The number of carbonyl (C=O) groups excluding carboxylic acids is 2. The molecule has 142 valence electrons. The van der Waals surface area contributed by atoms with Crippen LogP contribution in [0.3, 0.4) is 0 Å². The smallest absolute Gasteiger partial charge is 0.410 e. The Balaban J connectivity index is 3.30. The van der Waals surface area contributed by atoms with Crippen molar-refractivity contribution >= 4 is 23.9 Å². The van der Waals surface area contributed by atoms with Gasteiger partial charge >= 0.3 is 18.0 Å². The molecule has 9 heteroatoms. The Bertz CT molecular complexity index is 569. The van der Waals surface area contributed by atoms with Crippen LogP contribution in [0.25, 0.3) is 0 Å². The molecule has 0 aromatic heterocycles. The van der Waals surface area contributed by atoms with E-state index >= 15 is 0 Å². The van der Waals surface area contributed by atoms with Gasteiger partial charge < -0.3 is 25.2 Å². The first-order valence-electron chi connectivity index (χ1n) is 7.96. The van der Waals surface area contributed by atoms with E-state index in [-0.39, 0.29) is 0 Å². The summed E-state index contributed by atoms with van der Waals surface area (Å²) < 4.78 is 5.26. The Labute approximate surface area is 146 Å². The minimum Gasteiger partial charge on any atom is -0.481 e. The van der Waals surface area contributed by atoms with Crippen LogP contribution in [0.5, 0.6) is 0 Å². The zero-order valence-electron chi connectivity index (χ0n) is 15.3. The van der Waals surface area contributed by atoms with Gasteiger partial charge in [-0.2, -0.15) is 0 Å². The van der Waals surface area contributed by atoms with Crippen LogP contribution in [0, 0.1) is 17.8 Å². The molecule has 0 spiro atoms. The van der Waals surface area contributed by atoms with E-state index in [1.54, 1.807) is 27.7 Å². The zero-order chi connectivity index (χ0) is 19.7. The van der Waals surface area contributed by atoms with Crippen molar-refractivity contribution in [2.45, 2.75) is 52.3 Å². The van der Waals surface area contributed by atoms with Crippen molar-refractivity contribution < 1.29 is 34.1 Å². The van der Waals surface area contributed by atoms with Crippen LogP contribution in [-0.4, -0.2) is 63.8 Å². The molecule has 0 aromatic rings. The Morgan fingerprint density at radius 2 is 1.52 bits per heavy atom. The van der Waals surface area contributed by atoms with Gasteiger partial charge in [-0.25, -0.2) is 4.79 Å².